The largest absolute Gasteiger partial charge is 0.467 e. The number of sulfone groups is 3. The van der Waals surface area contributed by atoms with Crippen LogP contribution in [0.2, 0.25) is 0 Å². The minimum Gasteiger partial charge on any atom is -0.467 e. The summed E-state index contributed by atoms with van der Waals surface area (Å²) in [5.41, 5.74) is 0. The highest BCUT2D eigenvalue weighted by molar-refractivity contribution is 7.92. The molecule has 3 unspecified atom stereocenters. The Balaban J connectivity index is 1.50. The van der Waals surface area contributed by atoms with Crippen molar-refractivity contribution in [3.63, 3.8) is 0 Å². The quantitative estimate of drug-likeness (QED) is 0.270. The first-order chi connectivity index (χ1) is 16.7. The summed E-state index contributed by atoms with van der Waals surface area (Å²) in [6.07, 6.45) is 0.427. The minimum absolute atomic E-state index is 0.0108. The van der Waals surface area contributed by atoms with Crippen molar-refractivity contribution >= 4 is 81.7 Å². The van der Waals surface area contributed by atoms with Crippen molar-refractivity contribution in [1.29, 1.82) is 0 Å². The van der Waals surface area contributed by atoms with Crippen molar-refractivity contribution in [2.75, 3.05) is 47.7 Å². The molecule has 206 valence electrons. The topological polar surface area (TPSA) is 166 Å². The van der Waals surface area contributed by atoms with Crippen LogP contribution in [0.4, 0.5) is 0 Å². The number of nitrogens with one attached hydrogen (secondary N) is 3. The van der Waals surface area contributed by atoms with Crippen molar-refractivity contribution in [2.24, 2.45) is 0 Å². The van der Waals surface area contributed by atoms with E-state index in [1.54, 1.807) is 0 Å². The van der Waals surface area contributed by atoms with Crippen LogP contribution in [-0.2, 0) is 43.7 Å². The van der Waals surface area contributed by atoms with E-state index >= 15 is 0 Å². The van der Waals surface area contributed by atoms with Crippen LogP contribution in [-0.4, -0.2) is 113 Å². The van der Waals surface area contributed by atoms with Crippen LogP contribution in [0.15, 0.2) is 0 Å². The van der Waals surface area contributed by atoms with Crippen LogP contribution in [0.3, 0.4) is 0 Å². The molecular weight excluding hydrogens is 595 g/mol. The van der Waals surface area contributed by atoms with Gasteiger partial charge in [0.1, 0.15) is 13.2 Å². The molecule has 3 aliphatic rings. The monoisotopic (exact) mass is 623 g/mol. The molecule has 36 heavy (non-hydrogen) atoms. The van der Waals surface area contributed by atoms with Crippen LogP contribution in [0.5, 0.6) is 0 Å². The smallest absolute Gasteiger partial charge is 0.257 e. The van der Waals surface area contributed by atoms with E-state index in [4.69, 9.17) is 50.9 Å². The molecule has 0 radical (unpaired) electrons. The van der Waals surface area contributed by atoms with Gasteiger partial charge in [0, 0.05) is 18.1 Å². The molecule has 0 aromatic heterocycles. The maximum absolute atomic E-state index is 11.7. The summed E-state index contributed by atoms with van der Waals surface area (Å²) in [7, 11) is -9.30. The fourth-order valence-corrected chi connectivity index (χ4v) is 9.74. The van der Waals surface area contributed by atoms with E-state index in [1.807, 2.05) is 0 Å². The van der Waals surface area contributed by atoms with E-state index < -0.39 is 35.6 Å². The van der Waals surface area contributed by atoms with E-state index in [1.165, 1.54) is 0 Å². The lowest BCUT2D eigenvalue weighted by Gasteiger charge is -2.23. The lowest BCUT2D eigenvalue weighted by Crippen LogP contribution is -2.43. The average Bonchev–Trinajstić information content (AvgIpc) is 3.39. The molecule has 0 bridgehead atoms. The molecule has 0 spiro atoms. The number of hydrogen-bond acceptors (Lipinski definition) is 12. The van der Waals surface area contributed by atoms with Crippen LogP contribution < -0.4 is 16.0 Å². The predicted molar refractivity (Wildman–Crippen MR) is 145 cm³/mol. The van der Waals surface area contributed by atoms with E-state index in [0.29, 0.717) is 19.3 Å². The van der Waals surface area contributed by atoms with E-state index in [2.05, 4.69) is 16.0 Å². The molecule has 0 aliphatic carbocycles. The van der Waals surface area contributed by atoms with Crippen molar-refractivity contribution < 1.29 is 39.5 Å². The maximum atomic E-state index is 11.7. The fourth-order valence-electron chi connectivity index (χ4n) is 3.95. The average molecular weight is 624 g/mol. The summed E-state index contributed by atoms with van der Waals surface area (Å²) < 4.78 is 86.6. The number of thiocarbonyl (C=S) groups is 3. The SMILES string of the molecule is O=S1(=O)CCC(NC(=S)OCC(COC(=S)NC2CCS(=O)(=O)C2)OC(=S)NC2CCS(=O)(=O)C2)C1. The Morgan fingerprint density at radius 3 is 1.28 bits per heavy atom. The molecule has 3 rings (SSSR count). The highest BCUT2D eigenvalue weighted by atomic mass is 32.2. The number of hydrogen-bond donors (Lipinski definition) is 3. The first-order valence-corrected chi connectivity index (χ1v) is 17.8. The van der Waals surface area contributed by atoms with E-state index in [9.17, 15) is 25.3 Å². The van der Waals surface area contributed by atoms with E-state index in [-0.39, 0.29) is 81.4 Å². The number of ether oxygens (including phenoxy) is 3. The Hall–Kier alpha value is -1.08. The Morgan fingerprint density at radius 2 is 0.972 bits per heavy atom. The fraction of sp³-hybridized carbons (Fsp3) is 0.833. The third kappa shape index (κ3) is 10.00. The van der Waals surface area contributed by atoms with Crippen molar-refractivity contribution in [1.82, 2.24) is 16.0 Å². The molecule has 3 fully saturated rings. The lowest BCUT2D eigenvalue weighted by molar-refractivity contribution is 0.0610. The van der Waals surface area contributed by atoms with Gasteiger partial charge in [-0.15, -0.1) is 0 Å². The van der Waals surface area contributed by atoms with Gasteiger partial charge in [-0.1, -0.05) is 0 Å². The van der Waals surface area contributed by atoms with Gasteiger partial charge in [-0.2, -0.15) is 0 Å². The first kappa shape index (κ1) is 29.5. The van der Waals surface area contributed by atoms with Gasteiger partial charge < -0.3 is 30.2 Å². The van der Waals surface area contributed by atoms with Crippen molar-refractivity contribution in [3.05, 3.63) is 0 Å². The molecule has 12 nitrogen and oxygen atoms in total. The predicted octanol–water partition coefficient (Wildman–Crippen LogP) is -1.41. The van der Waals surface area contributed by atoms with E-state index in [0.717, 1.165) is 0 Å². The molecule has 3 aliphatic heterocycles. The Morgan fingerprint density at radius 1 is 0.639 bits per heavy atom. The highest BCUT2D eigenvalue weighted by Crippen LogP contribution is 2.14. The molecule has 0 aromatic carbocycles. The summed E-state index contributed by atoms with van der Waals surface area (Å²) >= 11 is 15.5. The van der Waals surface area contributed by atoms with Crippen molar-refractivity contribution in [2.45, 2.75) is 43.5 Å². The molecule has 0 aromatic rings. The van der Waals surface area contributed by atoms with Gasteiger partial charge in [0.25, 0.3) is 15.5 Å². The summed E-state index contributed by atoms with van der Waals surface area (Å²) in [5.74, 6) is 0.109. The second-order valence-corrected chi connectivity index (χ2v) is 16.8. The van der Waals surface area contributed by atoms with Crippen LogP contribution in [0, 0.1) is 0 Å². The minimum atomic E-state index is -3.12. The standard InChI is InChI=1S/C18H29N3O9S6/c22-34(23)4-1-12(9-34)19-16(31)28-7-15(30-18(33)21-14-3-6-36(26,27)11-14)8-29-17(32)20-13-2-5-35(24,25)10-13/h12-15H,1-11H2,(H,19,31)(H,20,32)(H,21,33). The van der Waals surface area contributed by atoms with Crippen LogP contribution in [0.1, 0.15) is 19.3 Å². The molecule has 3 N–H and O–H groups in total. The molecule has 0 amide bonds. The summed E-state index contributed by atoms with van der Waals surface area (Å²) in [6.45, 7) is -0.257. The molecule has 3 heterocycles. The molecule has 18 heteroatoms. The van der Waals surface area contributed by atoms with Gasteiger partial charge in [-0.25, -0.2) is 25.3 Å². The molecule has 3 atom stereocenters. The summed E-state index contributed by atoms with van der Waals surface area (Å²) in [5, 5.41) is 8.51. The van der Waals surface area contributed by atoms with Gasteiger partial charge >= 0.3 is 0 Å². The zero-order valence-corrected chi connectivity index (χ0v) is 24.1. The Kier molecular flexibility index (Phi) is 9.98. The normalized spacial score (nSPS) is 28.5. The first-order valence-electron chi connectivity index (χ1n) is 11.2. The van der Waals surface area contributed by atoms with Gasteiger partial charge in [-0.3, -0.25) is 0 Å². The second-order valence-electron chi connectivity index (χ2n) is 8.96. The summed E-state index contributed by atoms with van der Waals surface area (Å²) in [6, 6.07) is -1.06. The maximum Gasteiger partial charge on any atom is 0.257 e. The van der Waals surface area contributed by atoms with Gasteiger partial charge in [-0.05, 0) is 55.9 Å². The second kappa shape index (κ2) is 12.2. The van der Waals surface area contributed by atoms with Crippen LogP contribution in [0.25, 0.3) is 0 Å². The third-order valence-electron chi connectivity index (χ3n) is 5.74. The Bertz CT molecular complexity index is 1110. The third-order valence-corrected chi connectivity index (χ3v) is 11.7. The Labute approximate surface area is 227 Å². The molecular formula is C18H29N3O9S6. The number of rotatable bonds is 8. The summed E-state index contributed by atoms with van der Waals surface area (Å²) in [4.78, 5) is 0. The van der Waals surface area contributed by atoms with Crippen molar-refractivity contribution in [3.8, 4) is 0 Å². The molecule has 0 saturated carbocycles. The van der Waals surface area contributed by atoms with Crippen LogP contribution >= 0.6 is 36.7 Å². The zero-order valence-electron chi connectivity index (χ0n) is 19.2. The lowest BCUT2D eigenvalue weighted by atomic mass is 10.3. The van der Waals surface area contributed by atoms with Gasteiger partial charge in [0.15, 0.2) is 35.6 Å². The molecule has 3 saturated heterocycles. The van der Waals surface area contributed by atoms with Gasteiger partial charge in [0.2, 0.25) is 0 Å². The zero-order chi connectivity index (χ0) is 26.6. The highest BCUT2D eigenvalue weighted by Gasteiger charge is 2.31. The van der Waals surface area contributed by atoms with Gasteiger partial charge in [0.05, 0.1) is 34.5 Å².